The summed E-state index contributed by atoms with van der Waals surface area (Å²) in [5.41, 5.74) is 0. The van der Waals surface area contributed by atoms with Crippen molar-refractivity contribution < 1.29 is 4.42 Å². The molecule has 0 fully saturated rings. The van der Waals surface area contributed by atoms with E-state index >= 15 is 0 Å². The van der Waals surface area contributed by atoms with Crippen molar-refractivity contribution in [3.05, 3.63) is 35.8 Å². The molecule has 0 aliphatic rings. The van der Waals surface area contributed by atoms with Gasteiger partial charge in [0.05, 0.1) is 6.54 Å². The van der Waals surface area contributed by atoms with E-state index in [4.69, 9.17) is 4.42 Å². The lowest BCUT2D eigenvalue weighted by atomic mass is 10.4. The fourth-order valence-electron chi connectivity index (χ4n) is 1.51. The van der Waals surface area contributed by atoms with E-state index < -0.39 is 0 Å². The number of rotatable bonds is 4. The first kappa shape index (κ1) is 12.0. The number of aromatic nitrogens is 2. The standard InChI is InChI=1S/C12H15N3OS/c1-9-4-5-10(16-9)8-15(2)11-6-7-12(17-3)14-13-11/h4-7H,8H2,1-3H3. The van der Waals surface area contributed by atoms with Gasteiger partial charge in [-0.15, -0.1) is 22.0 Å². The average molecular weight is 249 g/mol. The second-order valence-corrected chi connectivity index (χ2v) is 4.63. The van der Waals surface area contributed by atoms with Gasteiger partial charge >= 0.3 is 0 Å². The van der Waals surface area contributed by atoms with Gasteiger partial charge in [-0.2, -0.15) is 0 Å². The van der Waals surface area contributed by atoms with E-state index in [1.807, 2.05) is 49.4 Å². The molecule has 0 saturated heterocycles. The molecule has 2 heterocycles. The van der Waals surface area contributed by atoms with Crippen LogP contribution in [0.5, 0.6) is 0 Å². The number of furan rings is 1. The van der Waals surface area contributed by atoms with Crippen LogP contribution >= 0.6 is 11.8 Å². The van der Waals surface area contributed by atoms with Crippen LogP contribution < -0.4 is 4.90 Å². The smallest absolute Gasteiger partial charge is 0.151 e. The molecule has 0 atom stereocenters. The molecular weight excluding hydrogens is 234 g/mol. The van der Waals surface area contributed by atoms with Gasteiger partial charge < -0.3 is 9.32 Å². The first-order chi connectivity index (χ1) is 8.19. The third-order valence-corrected chi connectivity index (χ3v) is 3.05. The third kappa shape index (κ3) is 3.00. The van der Waals surface area contributed by atoms with Gasteiger partial charge in [-0.1, -0.05) is 0 Å². The van der Waals surface area contributed by atoms with Crippen molar-refractivity contribution in [2.45, 2.75) is 18.5 Å². The molecule has 0 unspecified atom stereocenters. The predicted molar refractivity (Wildman–Crippen MR) is 69.4 cm³/mol. The largest absolute Gasteiger partial charge is 0.464 e. The molecule has 0 aliphatic carbocycles. The molecule has 0 aliphatic heterocycles. The predicted octanol–water partition coefficient (Wildman–Crippen LogP) is 2.74. The molecule has 4 nitrogen and oxygen atoms in total. The number of aryl methyl sites for hydroxylation is 1. The number of thioether (sulfide) groups is 1. The molecule has 5 heteroatoms. The zero-order valence-electron chi connectivity index (χ0n) is 10.2. The summed E-state index contributed by atoms with van der Waals surface area (Å²) in [6, 6.07) is 7.88. The van der Waals surface area contributed by atoms with E-state index in [0.717, 1.165) is 22.4 Å². The highest BCUT2D eigenvalue weighted by atomic mass is 32.2. The Kier molecular flexibility index (Phi) is 3.68. The van der Waals surface area contributed by atoms with Gasteiger partial charge in [0.1, 0.15) is 16.5 Å². The Hall–Kier alpha value is -1.49. The highest BCUT2D eigenvalue weighted by Gasteiger charge is 2.06. The van der Waals surface area contributed by atoms with Crippen molar-refractivity contribution in [3.63, 3.8) is 0 Å². The Morgan fingerprint density at radius 2 is 2.06 bits per heavy atom. The topological polar surface area (TPSA) is 42.2 Å². The molecule has 2 aromatic heterocycles. The molecule has 2 aromatic rings. The third-order valence-electron chi connectivity index (χ3n) is 2.42. The molecule has 0 N–H and O–H groups in total. The van der Waals surface area contributed by atoms with Crippen LogP contribution in [0.3, 0.4) is 0 Å². The Balaban J connectivity index is 2.06. The lowest BCUT2D eigenvalue weighted by Crippen LogP contribution is -2.17. The molecule has 0 bridgehead atoms. The first-order valence-corrected chi connectivity index (χ1v) is 6.55. The minimum absolute atomic E-state index is 0.696. The second-order valence-electron chi connectivity index (χ2n) is 3.80. The Bertz CT molecular complexity index is 481. The van der Waals surface area contributed by atoms with Crippen LogP contribution in [-0.2, 0) is 6.54 Å². The minimum Gasteiger partial charge on any atom is -0.464 e. The molecule has 0 spiro atoms. The van der Waals surface area contributed by atoms with Crippen molar-refractivity contribution in [1.29, 1.82) is 0 Å². The molecule has 0 amide bonds. The second kappa shape index (κ2) is 5.23. The molecule has 0 saturated carbocycles. The van der Waals surface area contributed by atoms with Gasteiger partial charge in [-0.05, 0) is 37.4 Å². The molecular formula is C12H15N3OS. The summed E-state index contributed by atoms with van der Waals surface area (Å²) in [5, 5.41) is 9.20. The van der Waals surface area contributed by atoms with Crippen LogP contribution in [0.2, 0.25) is 0 Å². The lowest BCUT2D eigenvalue weighted by Gasteiger charge is -2.15. The maximum Gasteiger partial charge on any atom is 0.151 e. The van der Waals surface area contributed by atoms with Crippen LogP contribution in [0.25, 0.3) is 0 Å². The number of nitrogens with zero attached hydrogens (tertiary/aromatic N) is 3. The zero-order chi connectivity index (χ0) is 12.3. The maximum absolute atomic E-state index is 5.53. The fourth-order valence-corrected chi connectivity index (χ4v) is 1.84. The Morgan fingerprint density at radius 1 is 1.24 bits per heavy atom. The normalized spacial score (nSPS) is 10.5. The summed E-state index contributed by atoms with van der Waals surface area (Å²) in [7, 11) is 1.97. The van der Waals surface area contributed by atoms with Crippen molar-refractivity contribution in [3.8, 4) is 0 Å². The van der Waals surface area contributed by atoms with Crippen molar-refractivity contribution in [2.24, 2.45) is 0 Å². The van der Waals surface area contributed by atoms with Crippen LogP contribution in [0.4, 0.5) is 5.82 Å². The summed E-state index contributed by atoms with van der Waals surface area (Å²) < 4.78 is 5.53. The molecule has 17 heavy (non-hydrogen) atoms. The van der Waals surface area contributed by atoms with Crippen molar-refractivity contribution in [2.75, 3.05) is 18.2 Å². The van der Waals surface area contributed by atoms with E-state index in [9.17, 15) is 0 Å². The number of hydrogen-bond acceptors (Lipinski definition) is 5. The maximum atomic E-state index is 5.53. The van der Waals surface area contributed by atoms with E-state index in [2.05, 4.69) is 10.2 Å². The number of anilines is 1. The Labute approximate surface area is 105 Å². The summed E-state index contributed by atoms with van der Waals surface area (Å²) in [5.74, 6) is 2.70. The van der Waals surface area contributed by atoms with Crippen LogP contribution in [0, 0.1) is 6.92 Å². The summed E-state index contributed by atoms with van der Waals surface area (Å²) >= 11 is 1.59. The fraction of sp³-hybridized carbons (Fsp3) is 0.333. The van der Waals surface area contributed by atoms with Gasteiger partial charge in [0.25, 0.3) is 0 Å². The highest BCUT2D eigenvalue weighted by Crippen LogP contribution is 2.16. The molecule has 0 radical (unpaired) electrons. The zero-order valence-corrected chi connectivity index (χ0v) is 11.0. The lowest BCUT2D eigenvalue weighted by molar-refractivity contribution is 0.481. The minimum atomic E-state index is 0.696. The number of hydrogen-bond donors (Lipinski definition) is 0. The van der Waals surface area contributed by atoms with E-state index in [0.29, 0.717) is 6.54 Å². The average Bonchev–Trinajstić information content (AvgIpc) is 2.75. The molecule has 2 rings (SSSR count). The SMILES string of the molecule is CSc1ccc(N(C)Cc2ccc(C)o2)nn1. The van der Waals surface area contributed by atoms with Crippen LogP contribution in [0.1, 0.15) is 11.5 Å². The summed E-state index contributed by atoms with van der Waals surface area (Å²) in [6.45, 7) is 2.64. The van der Waals surface area contributed by atoms with Crippen LogP contribution in [-0.4, -0.2) is 23.5 Å². The Morgan fingerprint density at radius 3 is 2.59 bits per heavy atom. The monoisotopic (exact) mass is 249 g/mol. The van der Waals surface area contributed by atoms with Gasteiger partial charge in [0.15, 0.2) is 5.82 Å². The first-order valence-electron chi connectivity index (χ1n) is 5.33. The van der Waals surface area contributed by atoms with E-state index in [-0.39, 0.29) is 0 Å². The van der Waals surface area contributed by atoms with E-state index in [1.54, 1.807) is 11.8 Å². The summed E-state index contributed by atoms with van der Waals surface area (Å²) in [4.78, 5) is 2.01. The van der Waals surface area contributed by atoms with E-state index in [1.165, 1.54) is 0 Å². The van der Waals surface area contributed by atoms with Crippen molar-refractivity contribution in [1.82, 2.24) is 10.2 Å². The molecule has 90 valence electrons. The van der Waals surface area contributed by atoms with Gasteiger partial charge in [-0.3, -0.25) is 0 Å². The summed E-state index contributed by atoms with van der Waals surface area (Å²) in [6.07, 6.45) is 1.99. The van der Waals surface area contributed by atoms with Gasteiger partial charge in [-0.25, -0.2) is 0 Å². The highest BCUT2D eigenvalue weighted by molar-refractivity contribution is 7.98. The van der Waals surface area contributed by atoms with Gasteiger partial charge in [0.2, 0.25) is 0 Å². The van der Waals surface area contributed by atoms with Crippen molar-refractivity contribution >= 4 is 17.6 Å². The van der Waals surface area contributed by atoms with Crippen LogP contribution in [0.15, 0.2) is 33.7 Å². The van der Waals surface area contributed by atoms with Gasteiger partial charge in [0, 0.05) is 7.05 Å². The molecule has 0 aromatic carbocycles. The quantitative estimate of drug-likeness (QED) is 0.779.